The quantitative estimate of drug-likeness (QED) is 0.754. The Morgan fingerprint density at radius 3 is 2.90 bits per heavy atom. The maximum absolute atomic E-state index is 5.72. The lowest BCUT2D eigenvalue weighted by Crippen LogP contribution is -2.50. The van der Waals surface area contributed by atoms with Crippen molar-refractivity contribution in [3.63, 3.8) is 0 Å². The van der Waals surface area contributed by atoms with Gasteiger partial charge in [-0.25, -0.2) is 0 Å². The molecule has 2 aliphatic rings. The molecule has 0 radical (unpaired) electrons. The summed E-state index contributed by atoms with van der Waals surface area (Å²) in [4.78, 5) is 2.43. The van der Waals surface area contributed by atoms with Crippen molar-refractivity contribution in [3.05, 3.63) is 11.8 Å². The molecule has 4 nitrogen and oxygen atoms in total. The van der Waals surface area contributed by atoms with E-state index in [2.05, 4.69) is 25.8 Å². The third kappa shape index (κ3) is 3.99. The molecule has 21 heavy (non-hydrogen) atoms. The van der Waals surface area contributed by atoms with Gasteiger partial charge in [0, 0.05) is 25.6 Å². The van der Waals surface area contributed by atoms with Gasteiger partial charge in [-0.15, -0.1) is 0 Å². The Bertz CT molecular complexity index is 345. The molecule has 0 bridgehead atoms. The smallest absolute Gasteiger partial charge is 0.0879 e. The zero-order valence-corrected chi connectivity index (χ0v) is 14.0. The Kier molecular flexibility index (Phi) is 6.52. The summed E-state index contributed by atoms with van der Waals surface area (Å²) in [5.74, 6) is 1.56. The topological polar surface area (TPSA) is 30.9 Å². The van der Waals surface area contributed by atoms with Crippen LogP contribution in [-0.4, -0.2) is 58.1 Å². The molecule has 0 aromatic heterocycles. The van der Waals surface area contributed by atoms with E-state index in [0.29, 0.717) is 23.8 Å². The van der Waals surface area contributed by atoms with Crippen molar-refractivity contribution in [3.8, 4) is 0 Å². The predicted octanol–water partition coefficient (Wildman–Crippen LogP) is 2.55. The molecule has 0 spiro atoms. The lowest BCUT2D eigenvalue weighted by molar-refractivity contribution is -0.0425. The van der Waals surface area contributed by atoms with E-state index in [4.69, 9.17) is 14.2 Å². The molecule has 1 fully saturated rings. The average Bonchev–Trinajstić information content (AvgIpc) is 2.53. The summed E-state index contributed by atoms with van der Waals surface area (Å²) >= 11 is 0. The van der Waals surface area contributed by atoms with Gasteiger partial charge in [-0.3, -0.25) is 4.90 Å². The van der Waals surface area contributed by atoms with Crippen LogP contribution in [0.1, 0.15) is 26.7 Å². The fourth-order valence-corrected chi connectivity index (χ4v) is 3.73. The summed E-state index contributed by atoms with van der Waals surface area (Å²) in [5, 5.41) is 0. The molecular formula is C17H31NO3. The van der Waals surface area contributed by atoms with Crippen LogP contribution in [0.4, 0.5) is 0 Å². The SMILES string of the molecule is CCC1CCOC=C1C(C)C(COC)C1COCCN1C. The summed E-state index contributed by atoms with van der Waals surface area (Å²) in [5.41, 5.74) is 1.46. The van der Waals surface area contributed by atoms with Crippen molar-refractivity contribution in [1.82, 2.24) is 4.90 Å². The third-order valence-electron chi connectivity index (χ3n) is 5.23. The van der Waals surface area contributed by atoms with Crippen molar-refractivity contribution in [1.29, 1.82) is 0 Å². The van der Waals surface area contributed by atoms with Crippen LogP contribution in [0.25, 0.3) is 0 Å². The number of allylic oxidation sites excluding steroid dienone is 1. The Hall–Kier alpha value is -0.580. The summed E-state index contributed by atoms with van der Waals surface area (Å²) in [7, 11) is 4.00. The van der Waals surface area contributed by atoms with Gasteiger partial charge in [0.1, 0.15) is 0 Å². The van der Waals surface area contributed by atoms with Crippen LogP contribution in [0.3, 0.4) is 0 Å². The fourth-order valence-electron chi connectivity index (χ4n) is 3.73. The summed E-state index contributed by atoms with van der Waals surface area (Å²) in [6.45, 7) is 8.88. The Balaban J connectivity index is 2.14. The van der Waals surface area contributed by atoms with Gasteiger partial charge in [-0.1, -0.05) is 13.8 Å². The largest absolute Gasteiger partial charge is 0.501 e. The van der Waals surface area contributed by atoms with Crippen molar-refractivity contribution < 1.29 is 14.2 Å². The van der Waals surface area contributed by atoms with Crippen molar-refractivity contribution >= 4 is 0 Å². The minimum Gasteiger partial charge on any atom is -0.501 e. The van der Waals surface area contributed by atoms with Gasteiger partial charge >= 0.3 is 0 Å². The van der Waals surface area contributed by atoms with E-state index in [1.165, 1.54) is 12.0 Å². The molecule has 1 saturated heterocycles. The average molecular weight is 297 g/mol. The molecule has 0 N–H and O–H groups in total. The lowest BCUT2D eigenvalue weighted by Gasteiger charge is -2.42. The molecule has 2 heterocycles. The molecule has 2 rings (SSSR count). The molecule has 4 heteroatoms. The van der Waals surface area contributed by atoms with Crippen LogP contribution < -0.4 is 0 Å². The number of hydrogen-bond acceptors (Lipinski definition) is 4. The second-order valence-corrected chi connectivity index (χ2v) is 6.41. The van der Waals surface area contributed by atoms with Gasteiger partial charge < -0.3 is 14.2 Å². The highest BCUT2D eigenvalue weighted by atomic mass is 16.5. The van der Waals surface area contributed by atoms with E-state index in [-0.39, 0.29) is 0 Å². The Labute approximate surface area is 129 Å². The van der Waals surface area contributed by atoms with Crippen molar-refractivity contribution in [2.75, 3.05) is 47.1 Å². The molecule has 0 aromatic carbocycles. The van der Waals surface area contributed by atoms with Crippen LogP contribution in [0.5, 0.6) is 0 Å². The highest BCUT2D eigenvalue weighted by molar-refractivity contribution is 5.12. The number of rotatable bonds is 6. The van der Waals surface area contributed by atoms with Gasteiger partial charge in [0.05, 0.1) is 32.7 Å². The predicted molar refractivity (Wildman–Crippen MR) is 84.2 cm³/mol. The molecule has 0 aromatic rings. The normalized spacial score (nSPS) is 30.4. The maximum Gasteiger partial charge on any atom is 0.0879 e. The molecule has 0 aliphatic carbocycles. The lowest BCUT2D eigenvalue weighted by atomic mass is 9.76. The molecular weight excluding hydrogens is 266 g/mol. The number of morpholine rings is 1. The summed E-state index contributed by atoms with van der Waals surface area (Å²) in [6, 6.07) is 0.425. The minimum absolute atomic E-state index is 0.425. The fraction of sp³-hybridized carbons (Fsp3) is 0.882. The number of nitrogens with zero attached hydrogens (tertiary/aromatic N) is 1. The minimum atomic E-state index is 0.425. The Morgan fingerprint density at radius 2 is 2.24 bits per heavy atom. The molecule has 4 unspecified atom stereocenters. The van der Waals surface area contributed by atoms with E-state index in [1.54, 1.807) is 7.11 Å². The van der Waals surface area contributed by atoms with Gasteiger partial charge in [-0.05, 0) is 37.3 Å². The summed E-state index contributed by atoms with van der Waals surface area (Å²) in [6.07, 6.45) is 4.36. The van der Waals surface area contributed by atoms with Crippen LogP contribution >= 0.6 is 0 Å². The van der Waals surface area contributed by atoms with Gasteiger partial charge in [0.2, 0.25) is 0 Å². The first-order valence-electron chi connectivity index (χ1n) is 8.27. The van der Waals surface area contributed by atoms with E-state index in [1.807, 2.05) is 6.26 Å². The van der Waals surface area contributed by atoms with E-state index in [0.717, 1.165) is 39.4 Å². The monoisotopic (exact) mass is 297 g/mol. The standard InChI is InChI=1S/C17H31NO3/c1-5-14-6-8-20-11-15(14)13(2)16(10-19-4)17-12-21-9-7-18(17)3/h11,13-14,16-17H,5-10,12H2,1-4H3. The first-order chi connectivity index (χ1) is 10.2. The molecule has 4 atom stereocenters. The highest BCUT2D eigenvalue weighted by Gasteiger charge is 2.36. The van der Waals surface area contributed by atoms with Crippen molar-refractivity contribution in [2.45, 2.75) is 32.7 Å². The first kappa shape index (κ1) is 16.8. The molecule has 0 saturated carbocycles. The molecule has 122 valence electrons. The second-order valence-electron chi connectivity index (χ2n) is 6.41. The Morgan fingerprint density at radius 1 is 1.43 bits per heavy atom. The first-order valence-corrected chi connectivity index (χ1v) is 8.27. The van der Waals surface area contributed by atoms with Crippen molar-refractivity contribution in [2.24, 2.45) is 17.8 Å². The summed E-state index contributed by atoms with van der Waals surface area (Å²) < 4.78 is 16.9. The second kappa shape index (κ2) is 8.16. The highest BCUT2D eigenvalue weighted by Crippen LogP contribution is 2.36. The van der Waals surface area contributed by atoms with Crippen LogP contribution in [0.15, 0.2) is 11.8 Å². The van der Waals surface area contributed by atoms with Gasteiger partial charge in [0.25, 0.3) is 0 Å². The van der Waals surface area contributed by atoms with Gasteiger partial charge in [-0.2, -0.15) is 0 Å². The zero-order chi connectivity index (χ0) is 15.2. The number of hydrogen-bond donors (Lipinski definition) is 0. The number of likely N-dealkylation sites (N-methyl/N-ethyl adjacent to an activating group) is 1. The van der Waals surface area contributed by atoms with Gasteiger partial charge in [0.15, 0.2) is 0 Å². The number of methoxy groups -OCH3 is 1. The molecule has 0 amide bonds. The van der Waals surface area contributed by atoms with Crippen LogP contribution in [0, 0.1) is 17.8 Å². The molecule has 2 aliphatic heterocycles. The van der Waals surface area contributed by atoms with E-state index < -0.39 is 0 Å². The third-order valence-corrected chi connectivity index (χ3v) is 5.23. The van der Waals surface area contributed by atoms with Crippen LogP contribution in [-0.2, 0) is 14.2 Å². The zero-order valence-electron chi connectivity index (χ0n) is 14.0. The maximum atomic E-state index is 5.72. The van der Waals surface area contributed by atoms with Crippen LogP contribution in [0.2, 0.25) is 0 Å². The number of ether oxygens (including phenoxy) is 3. The van der Waals surface area contributed by atoms with E-state index in [9.17, 15) is 0 Å². The van der Waals surface area contributed by atoms with E-state index >= 15 is 0 Å².